The van der Waals surface area contributed by atoms with E-state index in [2.05, 4.69) is 26.2 Å². The number of rotatable bonds is 9. The Bertz CT molecular complexity index is 128. The van der Waals surface area contributed by atoms with E-state index in [-0.39, 0.29) is 0 Å². The van der Waals surface area contributed by atoms with Crippen LogP contribution in [0, 0.1) is 11.8 Å². The van der Waals surface area contributed by atoms with E-state index in [1.165, 1.54) is 19.3 Å². The molecule has 0 bridgehead atoms. The Morgan fingerprint density at radius 3 is 2.27 bits per heavy atom. The summed E-state index contributed by atoms with van der Waals surface area (Å²) in [4.78, 5) is 0. The van der Waals surface area contributed by atoms with Crippen molar-refractivity contribution in [2.45, 2.75) is 52.5 Å². The van der Waals surface area contributed by atoms with Crippen LogP contribution >= 0.6 is 0 Å². The van der Waals surface area contributed by atoms with E-state index < -0.39 is 0 Å². The third kappa shape index (κ3) is 7.77. The van der Waals surface area contributed by atoms with Crippen LogP contribution in [0.25, 0.3) is 0 Å². The van der Waals surface area contributed by atoms with Gasteiger partial charge in [-0.05, 0) is 24.7 Å². The molecule has 0 aliphatic rings. The molecule has 0 radical (unpaired) electrons. The highest BCUT2D eigenvalue weighted by Gasteiger charge is 2.14. The summed E-state index contributed by atoms with van der Waals surface area (Å²) in [5.41, 5.74) is 2.93. The zero-order valence-corrected chi connectivity index (χ0v) is 10.8. The molecule has 15 heavy (non-hydrogen) atoms. The smallest absolute Gasteiger partial charge is 0.0488 e. The van der Waals surface area contributed by atoms with Crippen molar-refractivity contribution in [2.24, 2.45) is 17.7 Å². The number of hydrogen-bond donors (Lipinski definition) is 2. The fourth-order valence-corrected chi connectivity index (χ4v) is 2.17. The summed E-state index contributed by atoms with van der Waals surface area (Å²) >= 11 is 0. The molecule has 3 nitrogen and oxygen atoms in total. The lowest BCUT2D eigenvalue weighted by Crippen LogP contribution is -2.38. The molecule has 0 heterocycles. The number of nitrogens with one attached hydrogen (secondary N) is 1. The van der Waals surface area contributed by atoms with Crippen LogP contribution < -0.4 is 11.3 Å². The first-order valence-electron chi connectivity index (χ1n) is 6.09. The highest BCUT2D eigenvalue weighted by molar-refractivity contribution is 4.70. The molecule has 0 saturated carbocycles. The van der Waals surface area contributed by atoms with Gasteiger partial charge in [-0.2, -0.15) is 0 Å². The molecule has 0 aromatic carbocycles. The van der Waals surface area contributed by atoms with Crippen molar-refractivity contribution in [1.82, 2.24) is 5.43 Å². The van der Waals surface area contributed by atoms with Crippen LogP contribution in [-0.4, -0.2) is 19.8 Å². The van der Waals surface area contributed by atoms with Gasteiger partial charge in [-0.1, -0.05) is 33.6 Å². The number of hydrogen-bond acceptors (Lipinski definition) is 3. The number of ether oxygens (including phenoxy) is 1. The van der Waals surface area contributed by atoms with Crippen molar-refractivity contribution in [2.75, 3.05) is 13.7 Å². The molecule has 0 aromatic heterocycles. The van der Waals surface area contributed by atoms with Crippen molar-refractivity contribution < 1.29 is 4.74 Å². The van der Waals surface area contributed by atoms with Gasteiger partial charge < -0.3 is 4.74 Å². The van der Waals surface area contributed by atoms with Crippen molar-refractivity contribution in [1.29, 1.82) is 0 Å². The fourth-order valence-electron chi connectivity index (χ4n) is 2.17. The van der Waals surface area contributed by atoms with Gasteiger partial charge in [0.2, 0.25) is 0 Å². The lowest BCUT2D eigenvalue weighted by atomic mass is 9.92. The van der Waals surface area contributed by atoms with Crippen molar-refractivity contribution in [3.63, 3.8) is 0 Å². The maximum Gasteiger partial charge on any atom is 0.0488 e. The summed E-state index contributed by atoms with van der Waals surface area (Å²) in [6.45, 7) is 7.56. The van der Waals surface area contributed by atoms with E-state index in [0.717, 1.165) is 18.9 Å². The van der Waals surface area contributed by atoms with E-state index in [4.69, 9.17) is 10.6 Å². The van der Waals surface area contributed by atoms with Gasteiger partial charge in [-0.25, -0.2) is 0 Å². The van der Waals surface area contributed by atoms with E-state index in [1.807, 2.05) is 0 Å². The molecule has 92 valence electrons. The molecule has 0 amide bonds. The Kier molecular flexibility index (Phi) is 9.06. The molecular weight excluding hydrogens is 188 g/mol. The molecule has 0 aliphatic heterocycles. The fraction of sp³-hybridized carbons (Fsp3) is 1.00. The average Bonchev–Trinajstić information content (AvgIpc) is 2.17. The molecule has 0 aliphatic carbocycles. The lowest BCUT2D eigenvalue weighted by molar-refractivity contribution is 0.146. The molecular formula is C12H28N2O. The minimum absolute atomic E-state index is 0.427. The second kappa shape index (κ2) is 9.13. The lowest BCUT2D eigenvalue weighted by Gasteiger charge is -2.22. The Morgan fingerprint density at radius 2 is 1.80 bits per heavy atom. The van der Waals surface area contributed by atoms with Gasteiger partial charge in [0.05, 0.1) is 0 Å². The quantitative estimate of drug-likeness (QED) is 0.459. The Balaban J connectivity index is 3.80. The van der Waals surface area contributed by atoms with Gasteiger partial charge in [0, 0.05) is 19.8 Å². The number of hydrazine groups is 1. The molecule has 0 rings (SSSR count). The minimum Gasteiger partial charge on any atom is -0.384 e. The van der Waals surface area contributed by atoms with E-state index in [9.17, 15) is 0 Å². The van der Waals surface area contributed by atoms with Crippen LogP contribution in [0.5, 0.6) is 0 Å². The summed E-state index contributed by atoms with van der Waals surface area (Å²) in [5, 5.41) is 0. The van der Waals surface area contributed by atoms with E-state index in [0.29, 0.717) is 12.0 Å². The predicted octanol–water partition coefficient (Wildman–Crippen LogP) is 2.32. The second-order valence-electron chi connectivity index (χ2n) is 4.79. The number of nitrogens with two attached hydrogens (primary N) is 1. The molecule has 0 spiro atoms. The van der Waals surface area contributed by atoms with Crippen LogP contribution in [0.2, 0.25) is 0 Å². The zero-order valence-electron chi connectivity index (χ0n) is 10.8. The molecule has 3 atom stereocenters. The largest absolute Gasteiger partial charge is 0.384 e. The Morgan fingerprint density at radius 1 is 1.20 bits per heavy atom. The Labute approximate surface area is 94.7 Å². The summed E-state index contributed by atoms with van der Waals surface area (Å²) in [6.07, 6.45) is 4.81. The second-order valence-corrected chi connectivity index (χ2v) is 4.79. The van der Waals surface area contributed by atoms with Crippen LogP contribution in [0.1, 0.15) is 46.5 Å². The third-order valence-corrected chi connectivity index (χ3v) is 2.84. The predicted molar refractivity (Wildman–Crippen MR) is 65.5 cm³/mol. The van der Waals surface area contributed by atoms with Gasteiger partial charge >= 0.3 is 0 Å². The Hall–Kier alpha value is -0.120. The monoisotopic (exact) mass is 216 g/mol. The topological polar surface area (TPSA) is 47.3 Å². The molecule has 3 unspecified atom stereocenters. The van der Waals surface area contributed by atoms with E-state index in [1.54, 1.807) is 7.11 Å². The van der Waals surface area contributed by atoms with E-state index >= 15 is 0 Å². The first-order chi connectivity index (χ1) is 7.13. The van der Waals surface area contributed by atoms with Gasteiger partial charge in [0.25, 0.3) is 0 Å². The van der Waals surface area contributed by atoms with Gasteiger partial charge in [0.15, 0.2) is 0 Å². The maximum atomic E-state index is 5.57. The van der Waals surface area contributed by atoms with Crippen LogP contribution in [-0.2, 0) is 4.74 Å². The first kappa shape index (κ1) is 14.9. The summed E-state index contributed by atoms with van der Waals surface area (Å²) in [5.74, 6) is 6.90. The minimum atomic E-state index is 0.427. The highest BCUT2D eigenvalue weighted by atomic mass is 16.5. The van der Waals surface area contributed by atoms with Crippen LogP contribution in [0.3, 0.4) is 0 Å². The molecule has 3 N–H and O–H groups in total. The summed E-state index contributed by atoms with van der Waals surface area (Å²) in [7, 11) is 1.75. The molecule has 0 saturated heterocycles. The standard InChI is InChI=1S/C12H28N2O/c1-5-6-10(2)7-12(14-13)8-11(3)9-15-4/h10-12,14H,5-9,13H2,1-4H3. The molecule has 3 heteroatoms. The first-order valence-corrected chi connectivity index (χ1v) is 6.09. The normalized spacial score (nSPS) is 17.4. The van der Waals surface area contributed by atoms with Crippen molar-refractivity contribution >= 4 is 0 Å². The average molecular weight is 216 g/mol. The molecule has 0 fully saturated rings. The zero-order chi connectivity index (χ0) is 11.7. The van der Waals surface area contributed by atoms with Crippen molar-refractivity contribution in [3.05, 3.63) is 0 Å². The van der Waals surface area contributed by atoms with Crippen LogP contribution in [0.15, 0.2) is 0 Å². The molecule has 0 aromatic rings. The third-order valence-electron chi connectivity index (χ3n) is 2.84. The van der Waals surface area contributed by atoms with Gasteiger partial charge in [-0.15, -0.1) is 0 Å². The summed E-state index contributed by atoms with van der Waals surface area (Å²) < 4.78 is 5.13. The van der Waals surface area contributed by atoms with Crippen LogP contribution in [0.4, 0.5) is 0 Å². The maximum absolute atomic E-state index is 5.57. The van der Waals surface area contributed by atoms with Gasteiger partial charge in [-0.3, -0.25) is 11.3 Å². The van der Waals surface area contributed by atoms with Crippen molar-refractivity contribution in [3.8, 4) is 0 Å². The SMILES string of the molecule is CCCC(C)CC(CC(C)COC)NN. The van der Waals surface area contributed by atoms with Gasteiger partial charge in [0.1, 0.15) is 0 Å². The summed E-state index contributed by atoms with van der Waals surface area (Å²) in [6, 6.07) is 0.427. The number of methoxy groups -OCH3 is 1. The highest BCUT2D eigenvalue weighted by Crippen LogP contribution is 2.17.